The zero-order chi connectivity index (χ0) is 21.7. The van der Waals surface area contributed by atoms with Crippen LogP contribution in [0.4, 0.5) is 4.79 Å². The molecular weight excluding hydrogens is 413 g/mol. The Bertz CT molecular complexity index is 458. The standard InChI is InChI=1S/C18H36O2.C4H5NO3S.Na.H/c1-2-3-4-5-6-7-8-9-10-11-12-13-14-15-16-17-18(19)20;6-3(7)2-1-9-4(8)5-2;;/h2-17H2,1H3,(H,19,20);2H,1H2,(H,5,8)(H,6,7);;/q;;+1;-1. The molecule has 0 aromatic rings. The maximum atomic E-state index is 10.3. The fourth-order valence-electron chi connectivity index (χ4n) is 3.17. The Hall–Kier alpha value is -0.240. The Kier molecular flexibility index (Phi) is 24.9. The molecule has 0 saturated carbocycles. The summed E-state index contributed by atoms with van der Waals surface area (Å²) in [5, 5.41) is 18.9. The number of carbonyl (C=O) groups excluding carboxylic acids is 1. The van der Waals surface area contributed by atoms with E-state index in [1.54, 1.807) is 0 Å². The fraction of sp³-hybridized carbons (Fsp3) is 0.864. The van der Waals surface area contributed by atoms with Crippen LogP contribution in [-0.4, -0.2) is 39.2 Å². The molecule has 0 aromatic carbocycles. The topological polar surface area (TPSA) is 104 Å². The Morgan fingerprint density at radius 1 is 0.867 bits per heavy atom. The van der Waals surface area contributed by atoms with Crippen LogP contribution in [0.3, 0.4) is 0 Å². The number of carbonyl (C=O) groups is 3. The van der Waals surface area contributed by atoms with E-state index in [-0.39, 0.29) is 36.2 Å². The molecule has 1 rings (SSSR count). The zero-order valence-corrected chi connectivity index (χ0v) is 21.9. The molecule has 30 heavy (non-hydrogen) atoms. The number of carboxylic acids is 2. The van der Waals surface area contributed by atoms with E-state index in [1.807, 2.05) is 0 Å². The first-order valence-corrected chi connectivity index (χ1v) is 12.3. The van der Waals surface area contributed by atoms with E-state index >= 15 is 0 Å². The molecule has 1 saturated heterocycles. The quantitative estimate of drug-likeness (QED) is 0.230. The van der Waals surface area contributed by atoms with Crippen LogP contribution in [-0.2, 0) is 9.59 Å². The monoisotopic (exact) mass is 455 g/mol. The first-order valence-electron chi connectivity index (χ1n) is 11.3. The first-order chi connectivity index (χ1) is 14.0. The maximum absolute atomic E-state index is 10.3. The summed E-state index contributed by atoms with van der Waals surface area (Å²) in [5.41, 5.74) is 0. The number of unbranched alkanes of at least 4 members (excludes halogenated alkanes) is 14. The number of carboxylic acid groups (broad SMARTS) is 2. The molecule has 3 N–H and O–H groups in total. The minimum atomic E-state index is -0.964. The fourth-order valence-corrected chi connectivity index (χ4v) is 3.93. The molecule has 1 amide bonds. The van der Waals surface area contributed by atoms with Crippen molar-refractivity contribution in [2.24, 2.45) is 0 Å². The summed E-state index contributed by atoms with van der Waals surface area (Å²) in [6.45, 7) is 2.27. The molecule has 8 heteroatoms. The van der Waals surface area contributed by atoms with Gasteiger partial charge < -0.3 is 17.0 Å². The molecule has 6 nitrogen and oxygen atoms in total. The van der Waals surface area contributed by atoms with Crippen molar-refractivity contribution in [3.8, 4) is 0 Å². The van der Waals surface area contributed by atoms with Crippen molar-refractivity contribution in [3.63, 3.8) is 0 Å². The van der Waals surface area contributed by atoms with Gasteiger partial charge in [-0.15, -0.1) is 0 Å². The summed E-state index contributed by atoms with van der Waals surface area (Å²) in [4.78, 5) is 30.8. The van der Waals surface area contributed by atoms with Gasteiger partial charge in [-0.1, -0.05) is 109 Å². The average Bonchev–Trinajstić information content (AvgIpc) is 3.12. The number of amides is 1. The Morgan fingerprint density at radius 3 is 1.53 bits per heavy atom. The van der Waals surface area contributed by atoms with Gasteiger partial charge in [0.2, 0.25) is 0 Å². The van der Waals surface area contributed by atoms with Crippen LogP contribution in [0.2, 0.25) is 0 Å². The summed E-state index contributed by atoms with van der Waals surface area (Å²) in [6.07, 6.45) is 20.2. The molecule has 1 aliphatic rings. The number of nitrogens with one attached hydrogen (secondary N) is 1. The van der Waals surface area contributed by atoms with Crippen molar-refractivity contribution in [1.82, 2.24) is 5.32 Å². The van der Waals surface area contributed by atoms with E-state index in [4.69, 9.17) is 10.2 Å². The normalized spacial score (nSPS) is 15.0. The van der Waals surface area contributed by atoms with Gasteiger partial charge in [-0.2, -0.15) is 0 Å². The predicted molar refractivity (Wildman–Crippen MR) is 121 cm³/mol. The minimum Gasteiger partial charge on any atom is -1.00 e. The summed E-state index contributed by atoms with van der Waals surface area (Å²) >= 11 is 1.00. The third-order valence-electron chi connectivity index (χ3n) is 4.97. The third-order valence-corrected chi connectivity index (χ3v) is 5.85. The second kappa shape index (κ2) is 23.4. The molecule has 1 aliphatic heterocycles. The smallest absolute Gasteiger partial charge is 1.00 e. The molecule has 0 radical (unpaired) electrons. The number of rotatable bonds is 17. The Morgan fingerprint density at radius 2 is 1.27 bits per heavy atom. The van der Waals surface area contributed by atoms with E-state index in [1.165, 1.54) is 83.5 Å². The van der Waals surface area contributed by atoms with Gasteiger partial charge >= 0.3 is 41.5 Å². The average molecular weight is 456 g/mol. The van der Waals surface area contributed by atoms with Crippen LogP contribution in [0.1, 0.15) is 111 Å². The van der Waals surface area contributed by atoms with Gasteiger partial charge in [0.05, 0.1) is 0 Å². The molecule has 0 spiro atoms. The van der Waals surface area contributed by atoms with Crippen LogP contribution in [0.25, 0.3) is 0 Å². The van der Waals surface area contributed by atoms with E-state index in [0.717, 1.165) is 24.6 Å². The van der Waals surface area contributed by atoms with Crippen LogP contribution < -0.4 is 34.9 Å². The Labute approximate surface area is 210 Å². The summed E-state index contributed by atoms with van der Waals surface area (Å²) in [5.74, 6) is -1.28. The molecule has 0 bridgehead atoms. The zero-order valence-electron chi connectivity index (χ0n) is 20.1. The van der Waals surface area contributed by atoms with Gasteiger partial charge in [-0.3, -0.25) is 9.59 Å². The number of aliphatic carboxylic acids is 2. The number of hydrogen-bond acceptors (Lipinski definition) is 4. The van der Waals surface area contributed by atoms with Crippen LogP contribution in [0.15, 0.2) is 0 Å². The van der Waals surface area contributed by atoms with Crippen molar-refractivity contribution in [1.29, 1.82) is 0 Å². The molecule has 172 valence electrons. The minimum absolute atomic E-state index is 0. The molecule has 1 heterocycles. The van der Waals surface area contributed by atoms with E-state index < -0.39 is 18.0 Å². The molecule has 1 fully saturated rings. The van der Waals surface area contributed by atoms with Gasteiger partial charge in [-0.05, 0) is 6.42 Å². The molecule has 1 atom stereocenters. The van der Waals surface area contributed by atoms with Crippen LogP contribution in [0.5, 0.6) is 0 Å². The largest absolute Gasteiger partial charge is 1.00 e. The van der Waals surface area contributed by atoms with E-state index in [9.17, 15) is 14.4 Å². The second-order valence-electron chi connectivity index (χ2n) is 7.73. The van der Waals surface area contributed by atoms with Crippen LogP contribution >= 0.6 is 11.8 Å². The summed E-state index contributed by atoms with van der Waals surface area (Å²) in [6, 6.07) is -0.678. The molecule has 0 aliphatic carbocycles. The van der Waals surface area contributed by atoms with E-state index in [2.05, 4.69) is 12.2 Å². The third kappa shape index (κ3) is 22.4. The van der Waals surface area contributed by atoms with Crippen molar-refractivity contribution >= 4 is 28.9 Å². The molecule has 1 unspecified atom stereocenters. The van der Waals surface area contributed by atoms with E-state index in [0.29, 0.717) is 12.2 Å². The Balaban J connectivity index is -0.000000598. The van der Waals surface area contributed by atoms with Gasteiger partial charge in [0.15, 0.2) is 0 Å². The number of thioether (sulfide) groups is 1. The van der Waals surface area contributed by atoms with Gasteiger partial charge in [-0.25, -0.2) is 4.79 Å². The maximum Gasteiger partial charge on any atom is 1.00 e. The van der Waals surface area contributed by atoms with Gasteiger partial charge in [0.25, 0.3) is 5.24 Å². The molecule has 0 aromatic heterocycles. The summed E-state index contributed by atoms with van der Waals surface area (Å²) in [7, 11) is 0. The van der Waals surface area contributed by atoms with Crippen molar-refractivity contribution in [2.45, 2.75) is 116 Å². The predicted octanol–water partition coefficient (Wildman–Crippen LogP) is 3.35. The second-order valence-corrected chi connectivity index (χ2v) is 8.72. The SMILES string of the molecule is CCCCCCCCCCCCCCCCCC(=O)O.O=C1NC(C(=O)O)CS1.[H-].[Na+]. The van der Waals surface area contributed by atoms with Crippen LogP contribution in [0, 0.1) is 0 Å². The van der Waals surface area contributed by atoms with Gasteiger partial charge in [0, 0.05) is 12.2 Å². The first kappa shape index (κ1) is 31.9. The molecular formula is C22H42NNaO5S. The summed E-state index contributed by atoms with van der Waals surface area (Å²) < 4.78 is 0. The van der Waals surface area contributed by atoms with Crippen molar-refractivity contribution in [3.05, 3.63) is 0 Å². The van der Waals surface area contributed by atoms with Gasteiger partial charge in [0.1, 0.15) is 6.04 Å². The van der Waals surface area contributed by atoms with Crippen molar-refractivity contribution < 1.29 is 55.6 Å². The van der Waals surface area contributed by atoms with Crippen molar-refractivity contribution in [2.75, 3.05) is 5.75 Å². The number of hydrogen-bond donors (Lipinski definition) is 3.